The van der Waals surface area contributed by atoms with Gasteiger partial charge in [-0.2, -0.15) is 0 Å². The molecule has 0 saturated heterocycles. The second-order valence-electron chi connectivity index (χ2n) is 4.22. The normalized spacial score (nSPS) is 46.6. The summed E-state index contributed by atoms with van der Waals surface area (Å²) in [5.41, 5.74) is 0.307. The molecule has 1 fully saturated rings. The third-order valence-electron chi connectivity index (χ3n) is 3.35. The molecule has 0 spiro atoms. The Morgan fingerprint density at radius 2 is 2.45 bits per heavy atom. The number of carbonyl (C=O) groups excluding carboxylic acids is 1. The number of rotatable bonds is 2. The van der Waals surface area contributed by atoms with Crippen LogP contribution >= 0.6 is 0 Å². The zero-order valence-electron chi connectivity index (χ0n) is 6.92. The first kappa shape index (κ1) is 7.08. The van der Waals surface area contributed by atoms with E-state index in [0.717, 1.165) is 18.6 Å². The van der Waals surface area contributed by atoms with Crippen molar-refractivity contribution in [2.24, 2.45) is 17.3 Å². The quantitative estimate of drug-likeness (QED) is 0.435. The van der Waals surface area contributed by atoms with Crippen molar-refractivity contribution in [3.05, 3.63) is 12.2 Å². The Hall–Kier alpha value is -0.590. The summed E-state index contributed by atoms with van der Waals surface area (Å²) in [6, 6.07) is 0. The molecule has 2 bridgehead atoms. The van der Waals surface area contributed by atoms with Crippen LogP contribution in [-0.2, 0) is 4.79 Å². The van der Waals surface area contributed by atoms with Gasteiger partial charge >= 0.3 is 0 Å². The van der Waals surface area contributed by atoms with E-state index in [1.165, 1.54) is 12.8 Å². The molecule has 0 aromatic heterocycles. The highest BCUT2D eigenvalue weighted by atomic mass is 16.1. The van der Waals surface area contributed by atoms with E-state index in [1.807, 2.05) is 0 Å². The van der Waals surface area contributed by atoms with Crippen LogP contribution in [0.3, 0.4) is 0 Å². The maximum atomic E-state index is 10.4. The summed E-state index contributed by atoms with van der Waals surface area (Å²) >= 11 is 0. The Bertz CT molecular complexity index is 207. The lowest BCUT2D eigenvalue weighted by Gasteiger charge is -2.28. The molecule has 1 unspecified atom stereocenters. The highest BCUT2D eigenvalue weighted by Crippen LogP contribution is 2.53. The maximum absolute atomic E-state index is 10.4. The predicted octanol–water partition coefficient (Wildman–Crippen LogP) is 2.18. The van der Waals surface area contributed by atoms with Gasteiger partial charge in [-0.15, -0.1) is 0 Å². The minimum absolute atomic E-state index is 0.307. The van der Waals surface area contributed by atoms with Crippen LogP contribution in [0.4, 0.5) is 0 Å². The summed E-state index contributed by atoms with van der Waals surface area (Å²) in [6.07, 6.45) is 8.97. The van der Waals surface area contributed by atoms with E-state index in [4.69, 9.17) is 0 Å². The standard InChI is InChI=1S/C10H14O/c1-10(4-5-11)7-8-2-3-9(10)6-8/h2-3,5,8-9H,4,6-7H2,1H3/t8-,9-,10?/m0/s1. The van der Waals surface area contributed by atoms with Gasteiger partial charge in [-0.3, -0.25) is 0 Å². The van der Waals surface area contributed by atoms with Crippen LogP contribution in [0, 0.1) is 17.3 Å². The van der Waals surface area contributed by atoms with E-state index in [9.17, 15) is 4.79 Å². The maximum Gasteiger partial charge on any atom is 0.120 e. The van der Waals surface area contributed by atoms with Gasteiger partial charge in [-0.05, 0) is 30.1 Å². The summed E-state index contributed by atoms with van der Waals surface area (Å²) in [5, 5.41) is 0. The fraction of sp³-hybridized carbons (Fsp3) is 0.700. The van der Waals surface area contributed by atoms with E-state index in [2.05, 4.69) is 19.1 Å². The molecule has 60 valence electrons. The second-order valence-corrected chi connectivity index (χ2v) is 4.22. The van der Waals surface area contributed by atoms with Crippen molar-refractivity contribution in [1.82, 2.24) is 0 Å². The number of carbonyl (C=O) groups is 1. The molecule has 0 aromatic carbocycles. The van der Waals surface area contributed by atoms with E-state index in [0.29, 0.717) is 11.3 Å². The molecule has 2 aliphatic carbocycles. The lowest BCUT2D eigenvalue weighted by molar-refractivity contribution is -0.110. The van der Waals surface area contributed by atoms with Crippen LogP contribution < -0.4 is 0 Å². The summed E-state index contributed by atoms with van der Waals surface area (Å²) in [5.74, 6) is 1.47. The van der Waals surface area contributed by atoms with Crippen molar-refractivity contribution in [2.75, 3.05) is 0 Å². The van der Waals surface area contributed by atoms with Crippen LogP contribution in [0.15, 0.2) is 12.2 Å². The fourth-order valence-corrected chi connectivity index (χ4v) is 2.62. The molecule has 0 aromatic rings. The van der Waals surface area contributed by atoms with Crippen LogP contribution in [-0.4, -0.2) is 6.29 Å². The average molecular weight is 150 g/mol. The van der Waals surface area contributed by atoms with Crippen molar-refractivity contribution in [1.29, 1.82) is 0 Å². The first-order valence-electron chi connectivity index (χ1n) is 4.36. The molecule has 1 heteroatoms. The zero-order chi connectivity index (χ0) is 7.90. The molecule has 0 heterocycles. The first-order valence-corrected chi connectivity index (χ1v) is 4.36. The highest BCUT2D eigenvalue weighted by Gasteiger charge is 2.44. The van der Waals surface area contributed by atoms with E-state index < -0.39 is 0 Å². The summed E-state index contributed by atoms with van der Waals surface area (Å²) in [6.45, 7) is 2.25. The van der Waals surface area contributed by atoms with Gasteiger partial charge in [-0.1, -0.05) is 19.1 Å². The molecule has 0 N–H and O–H groups in total. The van der Waals surface area contributed by atoms with E-state index in [-0.39, 0.29) is 0 Å². The SMILES string of the molecule is CC1(CC=O)C[C@H]2C=C[C@H]1C2. The van der Waals surface area contributed by atoms with Crippen molar-refractivity contribution >= 4 is 6.29 Å². The Morgan fingerprint density at radius 3 is 2.91 bits per heavy atom. The largest absolute Gasteiger partial charge is 0.303 e. The van der Waals surface area contributed by atoms with Crippen molar-refractivity contribution in [3.63, 3.8) is 0 Å². The fourth-order valence-electron chi connectivity index (χ4n) is 2.62. The van der Waals surface area contributed by atoms with Crippen LogP contribution in [0.2, 0.25) is 0 Å². The lowest BCUT2D eigenvalue weighted by atomic mass is 9.75. The topological polar surface area (TPSA) is 17.1 Å². The van der Waals surface area contributed by atoms with Crippen LogP contribution in [0.25, 0.3) is 0 Å². The number of fused-ring (bicyclic) bond motifs is 2. The molecule has 2 rings (SSSR count). The van der Waals surface area contributed by atoms with Crippen molar-refractivity contribution < 1.29 is 4.79 Å². The van der Waals surface area contributed by atoms with E-state index >= 15 is 0 Å². The van der Waals surface area contributed by atoms with Gasteiger partial charge < -0.3 is 4.79 Å². The third kappa shape index (κ3) is 0.943. The van der Waals surface area contributed by atoms with Crippen LogP contribution in [0.1, 0.15) is 26.2 Å². The molecule has 1 nitrogen and oxygen atoms in total. The monoisotopic (exact) mass is 150 g/mol. The molecule has 11 heavy (non-hydrogen) atoms. The summed E-state index contributed by atoms with van der Waals surface area (Å²) in [7, 11) is 0. The number of hydrogen-bond acceptors (Lipinski definition) is 1. The Labute approximate surface area is 67.5 Å². The van der Waals surface area contributed by atoms with Gasteiger partial charge in [0.05, 0.1) is 0 Å². The molecule has 2 aliphatic rings. The summed E-state index contributed by atoms with van der Waals surface area (Å²) in [4.78, 5) is 10.4. The molecule has 1 saturated carbocycles. The first-order chi connectivity index (χ1) is 5.24. The average Bonchev–Trinajstić information content (AvgIpc) is 2.45. The van der Waals surface area contributed by atoms with Crippen LogP contribution in [0.5, 0.6) is 0 Å². The minimum Gasteiger partial charge on any atom is -0.303 e. The van der Waals surface area contributed by atoms with Gasteiger partial charge in [0.2, 0.25) is 0 Å². The number of allylic oxidation sites excluding steroid dienone is 2. The lowest BCUT2D eigenvalue weighted by Crippen LogP contribution is -2.21. The van der Waals surface area contributed by atoms with Gasteiger partial charge in [0.1, 0.15) is 6.29 Å². The van der Waals surface area contributed by atoms with E-state index in [1.54, 1.807) is 0 Å². The zero-order valence-corrected chi connectivity index (χ0v) is 6.92. The molecular formula is C10H14O. The third-order valence-corrected chi connectivity index (χ3v) is 3.35. The van der Waals surface area contributed by atoms with Gasteiger partial charge in [0.15, 0.2) is 0 Å². The number of aldehydes is 1. The second kappa shape index (κ2) is 2.20. The minimum atomic E-state index is 0.307. The predicted molar refractivity (Wildman–Crippen MR) is 44.1 cm³/mol. The van der Waals surface area contributed by atoms with Crippen molar-refractivity contribution in [3.8, 4) is 0 Å². The van der Waals surface area contributed by atoms with Gasteiger partial charge in [0.25, 0.3) is 0 Å². The molecule has 0 amide bonds. The van der Waals surface area contributed by atoms with Gasteiger partial charge in [-0.25, -0.2) is 0 Å². The Morgan fingerprint density at radius 1 is 1.64 bits per heavy atom. The molecule has 0 radical (unpaired) electrons. The highest BCUT2D eigenvalue weighted by molar-refractivity contribution is 5.51. The van der Waals surface area contributed by atoms with Crippen molar-refractivity contribution in [2.45, 2.75) is 26.2 Å². The number of hydrogen-bond donors (Lipinski definition) is 0. The molecule has 3 atom stereocenters. The van der Waals surface area contributed by atoms with Gasteiger partial charge in [0, 0.05) is 6.42 Å². The smallest absolute Gasteiger partial charge is 0.120 e. The Balaban J connectivity index is 2.16. The summed E-state index contributed by atoms with van der Waals surface area (Å²) < 4.78 is 0. The molecule has 0 aliphatic heterocycles. The Kier molecular flexibility index (Phi) is 1.41. The molecular weight excluding hydrogens is 136 g/mol.